The zero-order valence-corrected chi connectivity index (χ0v) is 15.2. The van der Waals surface area contributed by atoms with Gasteiger partial charge in [0.05, 0.1) is 6.54 Å². The fourth-order valence-electron chi connectivity index (χ4n) is 2.50. The van der Waals surface area contributed by atoms with Gasteiger partial charge in [0.25, 0.3) is 0 Å². The van der Waals surface area contributed by atoms with Crippen LogP contribution < -0.4 is 4.74 Å². The molecule has 2 atom stereocenters. The molecule has 128 valence electrons. The van der Waals surface area contributed by atoms with Crippen molar-refractivity contribution in [3.63, 3.8) is 0 Å². The lowest BCUT2D eigenvalue weighted by molar-refractivity contribution is -0.00596. The molecule has 23 heavy (non-hydrogen) atoms. The van der Waals surface area contributed by atoms with Crippen LogP contribution in [0.15, 0.2) is 12.3 Å². The number of rotatable bonds is 2. The summed E-state index contributed by atoms with van der Waals surface area (Å²) in [5.41, 5.74) is 0.413. The van der Waals surface area contributed by atoms with Gasteiger partial charge in [-0.15, -0.1) is 0 Å². The first-order valence-electron chi connectivity index (χ1n) is 7.95. The lowest BCUT2D eigenvalue weighted by Crippen LogP contribution is -2.50. The minimum Gasteiger partial charge on any atom is -0.471 e. The van der Waals surface area contributed by atoms with Gasteiger partial charge >= 0.3 is 6.09 Å². The number of aromatic nitrogens is 1. The molecule has 0 radical (unpaired) electrons. The largest absolute Gasteiger partial charge is 0.471 e. The molecule has 2 rings (SSSR count). The van der Waals surface area contributed by atoms with Gasteiger partial charge in [0.15, 0.2) is 0 Å². The van der Waals surface area contributed by atoms with Crippen molar-refractivity contribution >= 4 is 17.7 Å². The molecule has 1 aromatic heterocycles. The molecule has 1 aliphatic heterocycles. The number of nitrogens with zero attached hydrogens (tertiary/aromatic N) is 2. The normalized spacial score (nSPS) is 21.9. The predicted octanol–water partition coefficient (Wildman–Crippen LogP) is 4.21. The zero-order chi connectivity index (χ0) is 17.2. The maximum atomic E-state index is 12.3. The Kier molecular flexibility index (Phi) is 5.40. The highest BCUT2D eigenvalue weighted by Gasteiger charge is 2.33. The SMILES string of the molecule is Cc1ccnc(O[C@@H]2CC[C@@H](C)N(C(=O)OC(C)(C)C)C2)c1Cl. The van der Waals surface area contributed by atoms with E-state index in [4.69, 9.17) is 21.1 Å². The molecule has 0 unspecified atom stereocenters. The summed E-state index contributed by atoms with van der Waals surface area (Å²) < 4.78 is 11.4. The fourth-order valence-corrected chi connectivity index (χ4v) is 2.66. The van der Waals surface area contributed by atoms with Gasteiger partial charge in [-0.1, -0.05) is 11.6 Å². The van der Waals surface area contributed by atoms with Gasteiger partial charge < -0.3 is 14.4 Å². The summed E-state index contributed by atoms with van der Waals surface area (Å²) in [6.45, 7) is 10.0. The van der Waals surface area contributed by atoms with Crippen LogP contribution in [0.5, 0.6) is 5.88 Å². The summed E-state index contributed by atoms with van der Waals surface area (Å²) in [6.07, 6.45) is 2.94. The molecule has 1 aliphatic rings. The van der Waals surface area contributed by atoms with E-state index in [0.717, 1.165) is 18.4 Å². The van der Waals surface area contributed by atoms with E-state index in [9.17, 15) is 4.79 Å². The fraction of sp³-hybridized carbons (Fsp3) is 0.647. The number of carbonyl (C=O) groups excluding carboxylic acids is 1. The topological polar surface area (TPSA) is 51.7 Å². The quantitative estimate of drug-likeness (QED) is 0.809. The van der Waals surface area contributed by atoms with Gasteiger partial charge in [0.1, 0.15) is 16.7 Å². The number of hydrogen-bond acceptors (Lipinski definition) is 4. The molecule has 2 heterocycles. The van der Waals surface area contributed by atoms with Crippen molar-refractivity contribution in [1.82, 2.24) is 9.88 Å². The molecule has 1 saturated heterocycles. The third kappa shape index (κ3) is 4.74. The molecule has 0 N–H and O–H groups in total. The second-order valence-electron chi connectivity index (χ2n) is 7.05. The number of carbonyl (C=O) groups is 1. The van der Waals surface area contributed by atoms with Gasteiger partial charge in [0, 0.05) is 12.2 Å². The summed E-state index contributed by atoms with van der Waals surface area (Å²) in [7, 11) is 0. The Morgan fingerprint density at radius 2 is 2.09 bits per heavy atom. The van der Waals surface area contributed by atoms with Crippen LogP contribution in [0, 0.1) is 6.92 Å². The van der Waals surface area contributed by atoms with Crippen molar-refractivity contribution in [1.29, 1.82) is 0 Å². The summed E-state index contributed by atoms with van der Waals surface area (Å²) in [6, 6.07) is 1.97. The van der Waals surface area contributed by atoms with Crippen LogP contribution in [0.25, 0.3) is 0 Å². The lowest BCUT2D eigenvalue weighted by atomic mass is 10.0. The first-order chi connectivity index (χ1) is 10.7. The molecule has 1 amide bonds. The third-order valence-electron chi connectivity index (χ3n) is 3.80. The van der Waals surface area contributed by atoms with Crippen molar-refractivity contribution in [2.45, 2.75) is 65.2 Å². The standard InChI is InChI=1S/C17H25ClN2O3/c1-11-8-9-19-15(14(11)18)22-13-7-6-12(2)20(10-13)16(21)23-17(3,4)5/h8-9,12-13H,6-7,10H2,1-5H3/t12-,13-/m1/s1. The molecule has 1 aromatic rings. The van der Waals surface area contributed by atoms with E-state index in [2.05, 4.69) is 4.98 Å². The smallest absolute Gasteiger partial charge is 0.410 e. The van der Waals surface area contributed by atoms with Gasteiger partial charge in [-0.2, -0.15) is 0 Å². The van der Waals surface area contributed by atoms with Crippen molar-refractivity contribution in [2.24, 2.45) is 0 Å². The monoisotopic (exact) mass is 340 g/mol. The molecule has 0 spiro atoms. The van der Waals surface area contributed by atoms with Crippen LogP contribution in [-0.2, 0) is 4.74 Å². The van der Waals surface area contributed by atoms with Crippen LogP contribution in [0.1, 0.15) is 46.1 Å². The highest BCUT2D eigenvalue weighted by Crippen LogP contribution is 2.28. The molecular formula is C17H25ClN2O3. The number of aryl methyl sites for hydroxylation is 1. The van der Waals surface area contributed by atoms with Gasteiger partial charge in [0.2, 0.25) is 5.88 Å². The minimum absolute atomic E-state index is 0.130. The molecule has 0 bridgehead atoms. The number of ether oxygens (including phenoxy) is 2. The third-order valence-corrected chi connectivity index (χ3v) is 4.26. The average molecular weight is 341 g/mol. The van der Waals surface area contributed by atoms with E-state index in [1.807, 2.05) is 40.7 Å². The van der Waals surface area contributed by atoms with Gasteiger partial charge in [-0.05, 0) is 59.1 Å². The van der Waals surface area contributed by atoms with Crippen LogP contribution >= 0.6 is 11.6 Å². The summed E-state index contributed by atoms with van der Waals surface area (Å²) in [4.78, 5) is 18.3. The summed E-state index contributed by atoms with van der Waals surface area (Å²) >= 11 is 6.23. The number of likely N-dealkylation sites (tertiary alicyclic amines) is 1. The first-order valence-corrected chi connectivity index (χ1v) is 8.32. The Bertz CT molecular complexity index is 571. The number of hydrogen-bond donors (Lipinski definition) is 0. The van der Waals surface area contributed by atoms with E-state index >= 15 is 0 Å². The molecule has 6 heteroatoms. The van der Waals surface area contributed by atoms with Crippen molar-refractivity contribution in [3.05, 3.63) is 22.8 Å². The second kappa shape index (κ2) is 6.95. The highest BCUT2D eigenvalue weighted by molar-refractivity contribution is 6.32. The molecular weight excluding hydrogens is 316 g/mol. The average Bonchev–Trinajstić information content (AvgIpc) is 2.44. The maximum Gasteiger partial charge on any atom is 0.410 e. The van der Waals surface area contributed by atoms with Crippen LogP contribution in [0.2, 0.25) is 5.02 Å². The van der Waals surface area contributed by atoms with Crippen molar-refractivity contribution in [3.8, 4) is 5.88 Å². The van der Waals surface area contributed by atoms with E-state index in [0.29, 0.717) is 17.4 Å². The predicted molar refractivity (Wildman–Crippen MR) is 90.0 cm³/mol. The first kappa shape index (κ1) is 17.9. The van der Waals surface area contributed by atoms with Crippen LogP contribution in [0.4, 0.5) is 4.79 Å². The molecule has 1 fully saturated rings. The summed E-state index contributed by atoms with van der Waals surface area (Å²) in [5, 5.41) is 0.523. The Hall–Kier alpha value is -1.49. The minimum atomic E-state index is -0.508. The zero-order valence-electron chi connectivity index (χ0n) is 14.4. The highest BCUT2D eigenvalue weighted by atomic mass is 35.5. The molecule has 5 nitrogen and oxygen atoms in total. The van der Waals surface area contributed by atoms with Gasteiger partial charge in [-0.3, -0.25) is 0 Å². The number of pyridine rings is 1. The molecule has 0 aliphatic carbocycles. The molecule has 0 saturated carbocycles. The Morgan fingerprint density at radius 1 is 1.39 bits per heavy atom. The van der Waals surface area contributed by atoms with E-state index in [1.54, 1.807) is 11.1 Å². The lowest BCUT2D eigenvalue weighted by Gasteiger charge is -2.38. The van der Waals surface area contributed by atoms with E-state index < -0.39 is 5.60 Å². The Balaban J connectivity index is 2.05. The number of halogens is 1. The second-order valence-corrected chi connectivity index (χ2v) is 7.42. The van der Waals surface area contributed by atoms with E-state index in [-0.39, 0.29) is 18.2 Å². The van der Waals surface area contributed by atoms with Crippen molar-refractivity contribution in [2.75, 3.05) is 6.54 Å². The maximum absolute atomic E-state index is 12.3. The Labute approximate surface area is 142 Å². The Morgan fingerprint density at radius 3 is 2.74 bits per heavy atom. The van der Waals surface area contributed by atoms with E-state index in [1.165, 1.54) is 0 Å². The van der Waals surface area contributed by atoms with Crippen LogP contribution in [-0.4, -0.2) is 40.3 Å². The van der Waals surface area contributed by atoms with Crippen molar-refractivity contribution < 1.29 is 14.3 Å². The van der Waals surface area contributed by atoms with Crippen LogP contribution in [0.3, 0.4) is 0 Å². The number of amides is 1. The summed E-state index contributed by atoms with van der Waals surface area (Å²) in [5.74, 6) is 0.426. The molecule has 0 aromatic carbocycles. The van der Waals surface area contributed by atoms with Gasteiger partial charge in [-0.25, -0.2) is 9.78 Å². The number of piperidine rings is 1.